The highest BCUT2D eigenvalue weighted by molar-refractivity contribution is 5.89. The first-order valence-electron chi connectivity index (χ1n) is 6.25. The van der Waals surface area contributed by atoms with Gasteiger partial charge in [0.05, 0.1) is 0 Å². The molecule has 0 amide bonds. The molecule has 0 radical (unpaired) electrons. The molecular formula is C15H20O2. The number of carbonyl (C=O) groups excluding carboxylic acids is 1. The van der Waals surface area contributed by atoms with Crippen LogP contribution in [0, 0.1) is 13.8 Å². The second-order valence-electron chi connectivity index (χ2n) is 5.20. The summed E-state index contributed by atoms with van der Waals surface area (Å²) in [6, 6.07) is 6.22. The number of hydrogen-bond donors (Lipinski definition) is 0. The average Bonchev–Trinajstić information content (AvgIpc) is 2.72. The van der Waals surface area contributed by atoms with Crippen LogP contribution in [0.1, 0.15) is 36.5 Å². The van der Waals surface area contributed by atoms with Gasteiger partial charge in [0.1, 0.15) is 5.60 Å². The van der Waals surface area contributed by atoms with Gasteiger partial charge in [0, 0.05) is 13.0 Å². The molecule has 1 aromatic rings. The van der Waals surface area contributed by atoms with Gasteiger partial charge in [-0.3, -0.25) is 4.79 Å². The zero-order valence-electron chi connectivity index (χ0n) is 10.9. The number of carbonyl (C=O) groups is 1. The minimum atomic E-state index is -0.543. The largest absolute Gasteiger partial charge is 0.367 e. The standard InChI is InChI=1S/C15H20O2/c1-11-5-6-13(9-12(11)2)10-14(16)15(3)7-4-8-17-15/h5-6,9H,4,7-8,10H2,1-3H3. The van der Waals surface area contributed by atoms with Crippen LogP contribution in [-0.2, 0) is 16.0 Å². The molecule has 1 aromatic carbocycles. The van der Waals surface area contributed by atoms with E-state index in [1.54, 1.807) is 0 Å². The lowest BCUT2D eigenvalue weighted by Gasteiger charge is -2.21. The Morgan fingerprint density at radius 1 is 1.35 bits per heavy atom. The Hall–Kier alpha value is -1.15. The van der Waals surface area contributed by atoms with Crippen LogP contribution < -0.4 is 0 Å². The number of rotatable bonds is 3. The van der Waals surface area contributed by atoms with Crippen molar-refractivity contribution < 1.29 is 9.53 Å². The summed E-state index contributed by atoms with van der Waals surface area (Å²) in [5.74, 6) is 0.207. The van der Waals surface area contributed by atoms with Crippen LogP contribution in [0.4, 0.5) is 0 Å². The summed E-state index contributed by atoms with van der Waals surface area (Å²) in [7, 11) is 0. The SMILES string of the molecule is Cc1ccc(CC(=O)C2(C)CCCO2)cc1C. The van der Waals surface area contributed by atoms with Crippen LogP contribution in [0.25, 0.3) is 0 Å². The molecule has 92 valence electrons. The van der Waals surface area contributed by atoms with E-state index in [2.05, 4.69) is 26.0 Å². The summed E-state index contributed by atoms with van der Waals surface area (Å²) < 4.78 is 5.58. The molecule has 0 saturated carbocycles. The molecule has 0 aromatic heterocycles. The number of benzene rings is 1. The van der Waals surface area contributed by atoms with Crippen molar-refractivity contribution >= 4 is 5.78 Å². The van der Waals surface area contributed by atoms with Gasteiger partial charge in [-0.15, -0.1) is 0 Å². The summed E-state index contributed by atoms with van der Waals surface area (Å²) in [6.07, 6.45) is 2.34. The highest BCUT2D eigenvalue weighted by Gasteiger charge is 2.36. The maximum atomic E-state index is 12.2. The number of ketones is 1. The van der Waals surface area contributed by atoms with E-state index < -0.39 is 5.60 Å². The van der Waals surface area contributed by atoms with Crippen molar-refractivity contribution in [1.29, 1.82) is 0 Å². The van der Waals surface area contributed by atoms with Crippen molar-refractivity contribution in [2.45, 2.75) is 45.6 Å². The predicted molar refractivity (Wildman–Crippen MR) is 68.2 cm³/mol. The number of aryl methyl sites for hydroxylation is 2. The van der Waals surface area contributed by atoms with Crippen molar-refractivity contribution in [3.8, 4) is 0 Å². The van der Waals surface area contributed by atoms with Crippen molar-refractivity contribution in [1.82, 2.24) is 0 Å². The molecule has 1 atom stereocenters. The zero-order valence-corrected chi connectivity index (χ0v) is 10.9. The second kappa shape index (κ2) is 4.61. The summed E-state index contributed by atoms with van der Waals surface area (Å²) in [5, 5.41) is 0. The first-order chi connectivity index (χ1) is 8.01. The highest BCUT2D eigenvalue weighted by atomic mass is 16.5. The minimum absolute atomic E-state index is 0.207. The Bertz CT molecular complexity index is 429. The maximum absolute atomic E-state index is 12.2. The van der Waals surface area contributed by atoms with Gasteiger partial charge in [-0.05, 0) is 50.3 Å². The van der Waals surface area contributed by atoms with E-state index in [0.29, 0.717) is 6.42 Å². The maximum Gasteiger partial charge on any atom is 0.168 e. The Labute approximate surface area is 103 Å². The Morgan fingerprint density at radius 3 is 2.71 bits per heavy atom. The lowest BCUT2D eigenvalue weighted by Crippen LogP contribution is -2.35. The molecule has 17 heavy (non-hydrogen) atoms. The van der Waals surface area contributed by atoms with Crippen LogP contribution >= 0.6 is 0 Å². The third kappa shape index (κ3) is 2.58. The van der Waals surface area contributed by atoms with E-state index in [1.165, 1.54) is 11.1 Å². The lowest BCUT2D eigenvalue weighted by molar-refractivity contribution is -0.136. The summed E-state index contributed by atoms with van der Waals surface area (Å²) in [6.45, 7) is 6.80. The molecule has 2 nitrogen and oxygen atoms in total. The van der Waals surface area contributed by atoms with Gasteiger partial charge in [-0.2, -0.15) is 0 Å². The van der Waals surface area contributed by atoms with Gasteiger partial charge in [-0.25, -0.2) is 0 Å². The van der Waals surface area contributed by atoms with Crippen LogP contribution in [0.3, 0.4) is 0 Å². The average molecular weight is 232 g/mol. The molecule has 1 unspecified atom stereocenters. The van der Waals surface area contributed by atoms with Gasteiger partial charge in [0.25, 0.3) is 0 Å². The monoisotopic (exact) mass is 232 g/mol. The summed E-state index contributed by atoms with van der Waals surface area (Å²) >= 11 is 0. The van der Waals surface area contributed by atoms with E-state index in [4.69, 9.17) is 4.74 Å². The van der Waals surface area contributed by atoms with Crippen molar-refractivity contribution in [2.75, 3.05) is 6.61 Å². The van der Waals surface area contributed by atoms with Gasteiger partial charge >= 0.3 is 0 Å². The zero-order chi connectivity index (χ0) is 12.5. The molecule has 2 heteroatoms. The number of hydrogen-bond acceptors (Lipinski definition) is 2. The van der Waals surface area contributed by atoms with Crippen LogP contribution in [0.2, 0.25) is 0 Å². The minimum Gasteiger partial charge on any atom is -0.367 e. The van der Waals surface area contributed by atoms with Crippen LogP contribution in [0.5, 0.6) is 0 Å². The van der Waals surface area contributed by atoms with Crippen LogP contribution in [0.15, 0.2) is 18.2 Å². The molecule has 0 N–H and O–H groups in total. The summed E-state index contributed by atoms with van der Waals surface area (Å²) in [5.41, 5.74) is 3.06. The molecule has 0 aliphatic carbocycles. The second-order valence-corrected chi connectivity index (χ2v) is 5.20. The van der Waals surface area contributed by atoms with E-state index in [0.717, 1.165) is 25.0 Å². The molecule has 1 aliphatic rings. The van der Waals surface area contributed by atoms with E-state index >= 15 is 0 Å². The molecular weight excluding hydrogens is 212 g/mol. The number of ether oxygens (including phenoxy) is 1. The summed E-state index contributed by atoms with van der Waals surface area (Å²) in [4.78, 5) is 12.2. The predicted octanol–water partition coefficient (Wildman–Crippen LogP) is 2.98. The fourth-order valence-electron chi connectivity index (χ4n) is 2.28. The highest BCUT2D eigenvalue weighted by Crippen LogP contribution is 2.27. The Balaban J connectivity index is 2.10. The van der Waals surface area contributed by atoms with Gasteiger partial charge in [0.15, 0.2) is 5.78 Å². The molecule has 1 heterocycles. The van der Waals surface area contributed by atoms with Crippen LogP contribution in [-0.4, -0.2) is 18.0 Å². The van der Waals surface area contributed by atoms with Crippen molar-refractivity contribution in [3.05, 3.63) is 34.9 Å². The Kier molecular flexibility index (Phi) is 3.34. The van der Waals surface area contributed by atoms with E-state index in [1.807, 2.05) is 13.0 Å². The molecule has 2 rings (SSSR count). The molecule has 1 fully saturated rings. The van der Waals surface area contributed by atoms with Crippen molar-refractivity contribution in [2.24, 2.45) is 0 Å². The topological polar surface area (TPSA) is 26.3 Å². The lowest BCUT2D eigenvalue weighted by atomic mass is 9.91. The molecule has 0 spiro atoms. The number of Topliss-reactive ketones (excluding diaryl/α,β-unsaturated/α-hetero) is 1. The van der Waals surface area contributed by atoms with Crippen molar-refractivity contribution in [3.63, 3.8) is 0 Å². The Morgan fingerprint density at radius 2 is 2.12 bits per heavy atom. The smallest absolute Gasteiger partial charge is 0.168 e. The van der Waals surface area contributed by atoms with Gasteiger partial charge in [0.2, 0.25) is 0 Å². The van der Waals surface area contributed by atoms with E-state index in [9.17, 15) is 4.79 Å². The van der Waals surface area contributed by atoms with Gasteiger partial charge in [-0.1, -0.05) is 18.2 Å². The molecule has 1 aliphatic heterocycles. The van der Waals surface area contributed by atoms with E-state index in [-0.39, 0.29) is 5.78 Å². The first kappa shape index (κ1) is 12.3. The quantitative estimate of drug-likeness (QED) is 0.801. The normalized spacial score (nSPS) is 23.9. The first-order valence-corrected chi connectivity index (χ1v) is 6.25. The van der Waals surface area contributed by atoms with Gasteiger partial charge < -0.3 is 4.74 Å². The fraction of sp³-hybridized carbons (Fsp3) is 0.533. The molecule has 1 saturated heterocycles. The third-order valence-electron chi connectivity index (χ3n) is 3.74. The third-order valence-corrected chi connectivity index (χ3v) is 3.74. The molecule has 0 bridgehead atoms. The fourth-order valence-corrected chi connectivity index (χ4v) is 2.28.